The minimum absolute atomic E-state index is 0.364. The van der Waals surface area contributed by atoms with Crippen LogP contribution in [-0.4, -0.2) is 16.3 Å². The Kier molecular flexibility index (Phi) is 2.25. The van der Waals surface area contributed by atoms with Gasteiger partial charge in [-0.15, -0.1) is 0 Å². The van der Waals surface area contributed by atoms with Gasteiger partial charge >= 0.3 is 0 Å². The van der Waals surface area contributed by atoms with Crippen LogP contribution in [0, 0.1) is 6.92 Å². The summed E-state index contributed by atoms with van der Waals surface area (Å²) in [5, 5.41) is 0. The third-order valence-electron chi connectivity index (χ3n) is 2.25. The molecule has 0 aliphatic rings. The van der Waals surface area contributed by atoms with Gasteiger partial charge in [-0.1, -0.05) is 24.3 Å². The Morgan fingerprint density at radius 2 is 2.13 bits per heavy atom. The standard InChI is InChI=1S/C11H11N3O/c1-7-10(14-11(12)13-7)9-5-3-2-4-8(9)6-15/h2-6H,1H3,(H3,12,13,14). The maximum Gasteiger partial charge on any atom is 0.198 e. The molecule has 2 rings (SSSR count). The summed E-state index contributed by atoms with van der Waals surface area (Å²) < 4.78 is 0. The first kappa shape index (κ1) is 9.45. The fourth-order valence-corrected chi connectivity index (χ4v) is 1.56. The number of nitrogen functional groups attached to an aromatic ring is 1. The van der Waals surface area contributed by atoms with Gasteiger partial charge in [-0.25, -0.2) is 4.98 Å². The number of hydrogen-bond donors (Lipinski definition) is 2. The van der Waals surface area contributed by atoms with Gasteiger partial charge in [-0.05, 0) is 6.92 Å². The lowest BCUT2D eigenvalue weighted by molar-refractivity contribution is 0.112. The number of H-pyrrole nitrogens is 1. The van der Waals surface area contributed by atoms with Gasteiger partial charge in [-0.3, -0.25) is 4.79 Å². The van der Waals surface area contributed by atoms with Crippen molar-refractivity contribution in [2.24, 2.45) is 0 Å². The Balaban J connectivity index is 2.63. The first-order chi connectivity index (χ1) is 7.22. The lowest BCUT2D eigenvalue weighted by atomic mass is 10.0. The van der Waals surface area contributed by atoms with Gasteiger partial charge in [0.1, 0.15) is 0 Å². The summed E-state index contributed by atoms with van der Waals surface area (Å²) >= 11 is 0. The summed E-state index contributed by atoms with van der Waals surface area (Å²) in [5.41, 5.74) is 8.57. The van der Waals surface area contributed by atoms with Crippen LogP contribution in [0.15, 0.2) is 24.3 Å². The normalized spacial score (nSPS) is 10.2. The third kappa shape index (κ3) is 1.61. The summed E-state index contributed by atoms with van der Waals surface area (Å²) in [5.74, 6) is 0.364. The van der Waals surface area contributed by atoms with E-state index >= 15 is 0 Å². The number of benzene rings is 1. The number of hydrogen-bond acceptors (Lipinski definition) is 3. The molecule has 1 aromatic heterocycles. The zero-order valence-corrected chi connectivity index (χ0v) is 8.32. The Morgan fingerprint density at radius 1 is 1.40 bits per heavy atom. The number of nitrogens with one attached hydrogen (secondary N) is 1. The van der Waals surface area contributed by atoms with Crippen molar-refractivity contribution in [2.75, 3.05) is 5.73 Å². The maximum atomic E-state index is 10.8. The lowest BCUT2D eigenvalue weighted by Crippen LogP contribution is -1.89. The van der Waals surface area contributed by atoms with Crippen LogP contribution in [0.5, 0.6) is 0 Å². The highest BCUT2D eigenvalue weighted by atomic mass is 16.1. The SMILES string of the molecule is Cc1[nH]c(N)nc1-c1ccccc1C=O. The van der Waals surface area contributed by atoms with Crippen molar-refractivity contribution in [3.05, 3.63) is 35.5 Å². The van der Waals surface area contributed by atoms with Crippen molar-refractivity contribution in [1.29, 1.82) is 0 Å². The molecule has 0 atom stereocenters. The second kappa shape index (κ2) is 3.57. The van der Waals surface area contributed by atoms with E-state index in [0.29, 0.717) is 11.5 Å². The van der Waals surface area contributed by atoms with Crippen LogP contribution in [0.1, 0.15) is 16.1 Å². The molecule has 15 heavy (non-hydrogen) atoms. The van der Waals surface area contributed by atoms with Gasteiger partial charge in [0.25, 0.3) is 0 Å². The molecule has 0 bridgehead atoms. The molecule has 4 nitrogen and oxygen atoms in total. The molecule has 1 aromatic carbocycles. The second-order valence-electron chi connectivity index (χ2n) is 3.30. The minimum Gasteiger partial charge on any atom is -0.369 e. The van der Waals surface area contributed by atoms with Crippen molar-refractivity contribution < 1.29 is 4.79 Å². The van der Waals surface area contributed by atoms with Crippen LogP contribution in [0.2, 0.25) is 0 Å². The summed E-state index contributed by atoms with van der Waals surface area (Å²) in [6.45, 7) is 1.88. The number of nitrogens with two attached hydrogens (primary N) is 1. The van der Waals surface area contributed by atoms with E-state index in [1.807, 2.05) is 25.1 Å². The molecule has 1 heterocycles. The maximum absolute atomic E-state index is 10.8. The molecular formula is C11H11N3O. The van der Waals surface area contributed by atoms with Crippen molar-refractivity contribution in [3.8, 4) is 11.3 Å². The van der Waals surface area contributed by atoms with Gasteiger partial charge in [0.2, 0.25) is 0 Å². The number of aryl methyl sites for hydroxylation is 1. The van der Waals surface area contributed by atoms with Gasteiger partial charge in [-0.2, -0.15) is 0 Å². The van der Waals surface area contributed by atoms with Crippen LogP contribution in [0.3, 0.4) is 0 Å². The van der Waals surface area contributed by atoms with Gasteiger partial charge < -0.3 is 10.7 Å². The average molecular weight is 201 g/mol. The fraction of sp³-hybridized carbons (Fsp3) is 0.0909. The molecule has 0 unspecified atom stereocenters. The van der Waals surface area contributed by atoms with E-state index in [1.165, 1.54) is 0 Å². The number of imidazole rings is 1. The predicted octanol–water partition coefficient (Wildman–Crippen LogP) is 1.78. The lowest BCUT2D eigenvalue weighted by Gasteiger charge is -2.01. The van der Waals surface area contributed by atoms with Gasteiger partial charge in [0.05, 0.1) is 5.69 Å². The molecule has 2 aromatic rings. The Labute approximate surface area is 87.1 Å². The number of aromatic nitrogens is 2. The molecule has 0 amide bonds. The highest BCUT2D eigenvalue weighted by Crippen LogP contribution is 2.24. The van der Waals surface area contributed by atoms with Crippen LogP contribution >= 0.6 is 0 Å². The summed E-state index contributed by atoms with van der Waals surface area (Å²) in [6, 6.07) is 7.30. The number of rotatable bonds is 2. The zero-order chi connectivity index (χ0) is 10.8. The Hall–Kier alpha value is -2.10. The van der Waals surface area contributed by atoms with E-state index in [0.717, 1.165) is 23.2 Å². The van der Waals surface area contributed by atoms with Crippen molar-refractivity contribution in [1.82, 2.24) is 9.97 Å². The molecular weight excluding hydrogens is 190 g/mol. The number of carbonyl (C=O) groups is 1. The second-order valence-corrected chi connectivity index (χ2v) is 3.30. The highest BCUT2D eigenvalue weighted by Gasteiger charge is 2.10. The summed E-state index contributed by atoms with van der Waals surface area (Å²) in [7, 11) is 0. The predicted molar refractivity (Wildman–Crippen MR) is 58.6 cm³/mol. The fourth-order valence-electron chi connectivity index (χ4n) is 1.56. The molecule has 0 spiro atoms. The van der Waals surface area contributed by atoms with Gasteiger partial charge in [0, 0.05) is 16.8 Å². The van der Waals surface area contributed by atoms with E-state index in [9.17, 15) is 4.79 Å². The third-order valence-corrected chi connectivity index (χ3v) is 2.25. The molecule has 76 valence electrons. The number of aldehydes is 1. The highest BCUT2D eigenvalue weighted by molar-refractivity contribution is 5.87. The van der Waals surface area contributed by atoms with Crippen LogP contribution < -0.4 is 5.73 Å². The smallest absolute Gasteiger partial charge is 0.198 e. The quantitative estimate of drug-likeness (QED) is 0.727. The topological polar surface area (TPSA) is 71.8 Å². The molecule has 3 N–H and O–H groups in total. The largest absolute Gasteiger partial charge is 0.369 e. The first-order valence-electron chi connectivity index (χ1n) is 4.59. The van der Waals surface area contributed by atoms with E-state index in [1.54, 1.807) is 6.07 Å². The molecule has 0 saturated carbocycles. The minimum atomic E-state index is 0.364. The zero-order valence-electron chi connectivity index (χ0n) is 8.32. The molecule has 0 saturated heterocycles. The molecule has 0 aliphatic heterocycles. The molecule has 4 heteroatoms. The number of anilines is 1. The molecule has 0 aliphatic carbocycles. The summed E-state index contributed by atoms with van der Waals surface area (Å²) in [6.07, 6.45) is 0.819. The van der Waals surface area contributed by atoms with E-state index < -0.39 is 0 Å². The van der Waals surface area contributed by atoms with E-state index in [2.05, 4.69) is 9.97 Å². The monoisotopic (exact) mass is 201 g/mol. The number of nitrogens with zero attached hydrogens (tertiary/aromatic N) is 1. The van der Waals surface area contributed by atoms with Crippen LogP contribution in [-0.2, 0) is 0 Å². The van der Waals surface area contributed by atoms with Crippen LogP contribution in [0.25, 0.3) is 11.3 Å². The van der Waals surface area contributed by atoms with Gasteiger partial charge in [0.15, 0.2) is 12.2 Å². The number of carbonyl (C=O) groups excluding carboxylic acids is 1. The first-order valence-corrected chi connectivity index (χ1v) is 4.59. The Bertz CT molecular complexity index is 502. The Morgan fingerprint density at radius 3 is 2.73 bits per heavy atom. The summed E-state index contributed by atoms with van der Waals surface area (Å²) in [4.78, 5) is 17.9. The van der Waals surface area contributed by atoms with Crippen molar-refractivity contribution in [3.63, 3.8) is 0 Å². The average Bonchev–Trinajstić information content (AvgIpc) is 2.57. The van der Waals surface area contributed by atoms with E-state index in [4.69, 9.17) is 5.73 Å². The number of aromatic amines is 1. The molecule has 0 radical (unpaired) electrons. The van der Waals surface area contributed by atoms with Crippen molar-refractivity contribution >= 4 is 12.2 Å². The van der Waals surface area contributed by atoms with Crippen LogP contribution in [0.4, 0.5) is 5.95 Å². The van der Waals surface area contributed by atoms with E-state index in [-0.39, 0.29) is 0 Å². The molecule has 0 fully saturated rings. The van der Waals surface area contributed by atoms with Crippen molar-refractivity contribution in [2.45, 2.75) is 6.92 Å².